The molecule has 0 bridgehead atoms. The summed E-state index contributed by atoms with van der Waals surface area (Å²) in [5.74, 6) is 0.867. The lowest BCUT2D eigenvalue weighted by molar-refractivity contribution is 0.114. The van der Waals surface area contributed by atoms with Crippen molar-refractivity contribution in [2.45, 2.75) is 44.2 Å². The van der Waals surface area contributed by atoms with E-state index in [0.717, 1.165) is 61.0 Å². The summed E-state index contributed by atoms with van der Waals surface area (Å²) in [5.41, 5.74) is 5.56. The van der Waals surface area contributed by atoms with E-state index in [9.17, 15) is 14.4 Å². The maximum Gasteiger partial charge on any atom is 0.330 e. The van der Waals surface area contributed by atoms with Crippen LogP contribution >= 0.6 is 23.2 Å². The molecule has 15 heteroatoms. The van der Waals surface area contributed by atoms with Gasteiger partial charge in [-0.25, -0.2) is 19.6 Å². The average molecular weight is 800 g/mol. The molecule has 3 aromatic heterocycles. The first-order chi connectivity index (χ1) is 26.9. The normalized spacial score (nSPS) is 19.5. The largest absolute Gasteiger partial charge is 0.481 e. The van der Waals surface area contributed by atoms with Gasteiger partial charge in [0.25, 0.3) is 5.56 Å². The zero-order chi connectivity index (χ0) is 39.5. The summed E-state index contributed by atoms with van der Waals surface area (Å²) in [6, 6.07) is 15.3. The second kappa shape index (κ2) is 14.8. The molecule has 56 heavy (non-hydrogen) atoms. The van der Waals surface area contributed by atoms with Crippen LogP contribution < -0.4 is 26.6 Å². The molecule has 8 rings (SSSR count). The first-order valence-corrected chi connectivity index (χ1v) is 19.5. The molecule has 1 spiro atoms. The number of likely N-dealkylation sites (tertiary alicyclic amines) is 1. The van der Waals surface area contributed by atoms with Crippen LogP contribution in [0.15, 0.2) is 58.1 Å². The van der Waals surface area contributed by atoms with Crippen molar-refractivity contribution in [3.05, 3.63) is 96.2 Å². The Balaban J connectivity index is 1.08. The number of aromatic nitrogens is 4. The van der Waals surface area contributed by atoms with E-state index in [0.29, 0.717) is 68.6 Å². The number of carbonyl (C=O) groups is 1. The molecule has 2 atom stereocenters. The number of methoxy groups -OCH3 is 2. The molecule has 3 aliphatic rings. The summed E-state index contributed by atoms with van der Waals surface area (Å²) in [6.45, 7) is 5.29. The first kappa shape index (κ1) is 37.9. The Morgan fingerprint density at radius 2 is 1.68 bits per heavy atom. The molecule has 2 aliphatic heterocycles. The highest BCUT2D eigenvalue weighted by molar-refractivity contribution is 6.39. The van der Waals surface area contributed by atoms with Crippen LogP contribution in [0.3, 0.4) is 0 Å². The van der Waals surface area contributed by atoms with Crippen molar-refractivity contribution in [1.29, 1.82) is 0 Å². The molecule has 2 amide bonds. The minimum absolute atomic E-state index is 0.0210. The van der Waals surface area contributed by atoms with Crippen molar-refractivity contribution in [3.8, 4) is 28.3 Å². The molecule has 0 radical (unpaired) electrons. The lowest BCUT2D eigenvalue weighted by atomic mass is 9.92. The summed E-state index contributed by atoms with van der Waals surface area (Å²) < 4.78 is 13.7. The van der Waals surface area contributed by atoms with Gasteiger partial charge in [0.2, 0.25) is 5.88 Å². The van der Waals surface area contributed by atoms with E-state index in [1.807, 2.05) is 35.2 Å². The molecule has 292 valence electrons. The summed E-state index contributed by atoms with van der Waals surface area (Å²) in [4.78, 5) is 52.9. The van der Waals surface area contributed by atoms with E-state index in [2.05, 4.69) is 26.6 Å². The van der Waals surface area contributed by atoms with Gasteiger partial charge in [0.1, 0.15) is 11.2 Å². The lowest BCUT2D eigenvalue weighted by Gasteiger charge is -2.40. The Labute approximate surface area is 334 Å². The summed E-state index contributed by atoms with van der Waals surface area (Å²) in [5, 5.41) is 7.74. The van der Waals surface area contributed by atoms with E-state index in [4.69, 9.17) is 37.7 Å². The highest BCUT2D eigenvalue weighted by Gasteiger charge is 2.46. The Kier molecular flexibility index (Phi) is 10.1. The molecule has 13 nitrogen and oxygen atoms in total. The molecule has 1 aliphatic carbocycles. The predicted molar refractivity (Wildman–Crippen MR) is 219 cm³/mol. The number of rotatable bonds is 9. The third-order valence-electron chi connectivity index (χ3n) is 11.6. The standard InChI is InChI=1S/C41H44Cl2N8O5/c1-23-20-31-33(38(52)49(3)40(54)48(31)2)36(44-23)45-28-11-7-9-26(35(28)43)25-8-6-10-27(34(25)42)29-21-24-12-13-30(32(24)37(46-29)56-5)51-17-15-41(22-51)14-16-50(18-19-55-4)39(53)47-41/h6-11,20-21,30H,12-19,22H2,1-5H3,(H,44,45)(H,47,53)/t30-,41+/m0/s1. The Morgan fingerprint density at radius 3 is 2.43 bits per heavy atom. The van der Waals surface area contributed by atoms with E-state index in [1.165, 1.54) is 17.2 Å². The van der Waals surface area contributed by atoms with Crippen molar-refractivity contribution < 1.29 is 14.3 Å². The van der Waals surface area contributed by atoms with Gasteiger partial charge in [-0.1, -0.05) is 53.5 Å². The fourth-order valence-electron chi connectivity index (χ4n) is 8.66. The van der Waals surface area contributed by atoms with Gasteiger partial charge < -0.3 is 25.0 Å². The topological polar surface area (TPSA) is 136 Å². The number of fused-ring (bicyclic) bond motifs is 2. The third-order valence-corrected chi connectivity index (χ3v) is 12.4. The molecule has 5 aromatic rings. The van der Waals surface area contributed by atoms with Crippen LogP contribution in [0.1, 0.15) is 42.1 Å². The number of aryl methyl sites for hydroxylation is 3. The van der Waals surface area contributed by atoms with Crippen molar-refractivity contribution in [1.82, 2.24) is 34.2 Å². The predicted octanol–water partition coefficient (Wildman–Crippen LogP) is 6.22. The quantitative estimate of drug-likeness (QED) is 0.178. The number of ether oxygens (including phenoxy) is 2. The third kappa shape index (κ3) is 6.49. The van der Waals surface area contributed by atoms with Crippen LogP contribution in [-0.2, 0) is 25.3 Å². The molecule has 0 saturated carbocycles. The second-order valence-corrected chi connectivity index (χ2v) is 15.7. The molecule has 2 saturated heterocycles. The van der Waals surface area contributed by atoms with Crippen molar-refractivity contribution in [2.75, 3.05) is 52.3 Å². The van der Waals surface area contributed by atoms with Crippen LogP contribution in [-0.4, -0.2) is 87.5 Å². The summed E-state index contributed by atoms with van der Waals surface area (Å²) in [7, 11) is 6.37. The van der Waals surface area contributed by atoms with E-state index in [1.54, 1.807) is 40.3 Å². The van der Waals surface area contributed by atoms with E-state index >= 15 is 0 Å². The highest BCUT2D eigenvalue weighted by atomic mass is 35.5. The number of anilines is 2. The zero-order valence-corrected chi connectivity index (χ0v) is 33.6. The number of hydrogen-bond donors (Lipinski definition) is 2. The second-order valence-electron chi connectivity index (χ2n) is 15.0. The van der Waals surface area contributed by atoms with Crippen LogP contribution in [0.2, 0.25) is 10.0 Å². The Hall–Kier alpha value is -4.95. The maximum absolute atomic E-state index is 13.3. The molecular formula is C41H44Cl2N8O5. The number of benzene rings is 2. The highest BCUT2D eigenvalue weighted by Crippen LogP contribution is 2.47. The van der Waals surface area contributed by atoms with Gasteiger partial charge in [-0.05, 0) is 56.4 Å². The summed E-state index contributed by atoms with van der Waals surface area (Å²) >= 11 is 14.4. The summed E-state index contributed by atoms with van der Waals surface area (Å²) in [6.07, 6.45) is 3.59. The molecule has 5 heterocycles. The van der Waals surface area contributed by atoms with Crippen molar-refractivity contribution in [2.24, 2.45) is 14.1 Å². The van der Waals surface area contributed by atoms with Crippen LogP contribution in [0.25, 0.3) is 33.3 Å². The number of amides is 2. The lowest BCUT2D eigenvalue weighted by Crippen LogP contribution is -2.61. The number of pyridine rings is 2. The monoisotopic (exact) mass is 798 g/mol. The molecule has 2 fully saturated rings. The van der Waals surface area contributed by atoms with Gasteiger partial charge in [0, 0.05) is 81.4 Å². The van der Waals surface area contributed by atoms with Gasteiger partial charge in [0.15, 0.2) is 0 Å². The van der Waals surface area contributed by atoms with Crippen molar-refractivity contribution >= 4 is 51.6 Å². The minimum Gasteiger partial charge on any atom is -0.481 e. The molecule has 2 aromatic carbocycles. The smallest absolute Gasteiger partial charge is 0.330 e. The van der Waals surface area contributed by atoms with Crippen LogP contribution in [0.4, 0.5) is 16.3 Å². The zero-order valence-electron chi connectivity index (χ0n) is 32.0. The number of urea groups is 1. The number of nitrogens with one attached hydrogen (secondary N) is 2. The van der Waals surface area contributed by atoms with Gasteiger partial charge in [-0.15, -0.1) is 0 Å². The van der Waals surface area contributed by atoms with E-state index in [-0.39, 0.29) is 23.0 Å². The van der Waals surface area contributed by atoms with Gasteiger partial charge in [-0.2, -0.15) is 0 Å². The minimum atomic E-state index is -0.461. The molecular weight excluding hydrogens is 755 g/mol. The Morgan fingerprint density at radius 1 is 0.946 bits per heavy atom. The average Bonchev–Trinajstić information content (AvgIpc) is 3.80. The fourth-order valence-corrected chi connectivity index (χ4v) is 9.26. The van der Waals surface area contributed by atoms with Crippen molar-refractivity contribution in [3.63, 3.8) is 0 Å². The fraction of sp³-hybridized carbons (Fsp3) is 0.390. The van der Waals surface area contributed by atoms with Crippen LogP contribution in [0, 0.1) is 6.92 Å². The van der Waals surface area contributed by atoms with Gasteiger partial charge >= 0.3 is 11.7 Å². The van der Waals surface area contributed by atoms with Crippen LogP contribution in [0.5, 0.6) is 5.88 Å². The van der Waals surface area contributed by atoms with E-state index < -0.39 is 11.2 Å². The van der Waals surface area contributed by atoms with Gasteiger partial charge in [0.05, 0.1) is 46.2 Å². The number of nitrogens with zero attached hydrogens (tertiary/aromatic N) is 6. The maximum atomic E-state index is 13.3. The molecule has 2 N–H and O–H groups in total. The number of hydrogen-bond acceptors (Lipinski definition) is 9. The SMILES string of the molecule is COCCN1CC[C@]2(CCN([C@H]3CCc4cc(-c5cccc(-c6cccc(Nc7nc(C)cc8c7c(=O)n(C)c(=O)n8C)c6Cl)c5Cl)nc(OC)c43)C2)NC1=O. The van der Waals surface area contributed by atoms with Gasteiger partial charge in [-0.3, -0.25) is 18.8 Å². The molecule has 0 unspecified atom stereocenters. The Bertz CT molecular complexity index is 2520. The first-order valence-electron chi connectivity index (χ1n) is 18.7. The number of carbonyl (C=O) groups excluding carboxylic acids is 1. The number of halogens is 2.